The van der Waals surface area contributed by atoms with Crippen LogP contribution in [-0.2, 0) is 20.9 Å². The highest BCUT2D eigenvalue weighted by Crippen LogP contribution is 2.36. The van der Waals surface area contributed by atoms with E-state index in [-0.39, 0.29) is 41.7 Å². The summed E-state index contributed by atoms with van der Waals surface area (Å²) in [6.45, 7) is -0.0277. The van der Waals surface area contributed by atoms with E-state index in [1.165, 1.54) is 40.9 Å². The number of benzene rings is 1. The number of esters is 1. The maximum Gasteiger partial charge on any atom is 0.355 e. The molecule has 0 aliphatic carbocycles. The number of hydrogen-bond donors (Lipinski definition) is 1. The number of ether oxygens (including phenoxy) is 1. The second kappa shape index (κ2) is 7.20. The minimum absolute atomic E-state index is 0. The monoisotopic (exact) mass is 371 g/mol. The molecule has 1 aromatic rings. The maximum atomic E-state index is 12.1. The highest BCUT2D eigenvalue weighted by molar-refractivity contribution is 8.00. The van der Waals surface area contributed by atoms with E-state index < -0.39 is 16.9 Å². The fraction of sp³-hybridized carbons (Fsp3) is 0.286. The van der Waals surface area contributed by atoms with Crippen LogP contribution >= 0.6 is 24.2 Å². The van der Waals surface area contributed by atoms with Crippen LogP contribution in [0.15, 0.2) is 36.0 Å². The van der Waals surface area contributed by atoms with Crippen LogP contribution in [0.3, 0.4) is 0 Å². The Bertz CT molecular complexity index is 709. The van der Waals surface area contributed by atoms with Gasteiger partial charge in [0.05, 0.1) is 4.92 Å². The number of nitro benzene ring substituents is 1. The smallest absolute Gasteiger partial charge is 0.355 e. The van der Waals surface area contributed by atoms with E-state index in [0.29, 0.717) is 11.3 Å². The van der Waals surface area contributed by atoms with Crippen LogP contribution < -0.4 is 5.73 Å². The lowest BCUT2D eigenvalue weighted by Gasteiger charge is -2.46. The van der Waals surface area contributed by atoms with Gasteiger partial charge in [-0.25, -0.2) is 4.79 Å². The molecule has 2 aliphatic rings. The molecule has 3 rings (SSSR count). The van der Waals surface area contributed by atoms with Crippen molar-refractivity contribution in [2.45, 2.75) is 18.0 Å². The van der Waals surface area contributed by atoms with Crippen molar-refractivity contribution in [2.75, 3.05) is 5.75 Å². The molecule has 0 aromatic heterocycles. The zero-order chi connectivity index (χ0) is 16.6. The lowest BCUT2D eigenvalue weighted by molar-refractivity contribution is -0.384. The van der Waals surface area contributed by atoms with Gasteiger partial charge in [0, 0.05) is 17.9 Å². The summed E-state index contributed by atoms with van der Waals surface area (Å²) in [6, 6.07) is 5.14. The van der Waals surface area contributed by atoms with Gasteiger partial charge >= 0.3 is 5.97 Å². The molecule has 2 N–H and O–H groups in total. The Balaban J connectivity index is 0.00000208. The molecule has 24 heavy (non-hydrogen) atoms. The summed E-state index contributed by atoms with van der Waals surface area (Å²) < 4.78 is 5.18. The number of amides is 1. The van der Waals surface area contributed by atoms with Crippen molar-refractivity contribution >= 4 is 41.7 Å². The largest absolute Gasteiger partial charge is 0.456 e. The summed E-state index contributed by atoms with van der Waals surface area (Å²) in [5.41, 5.74) is 6.50. The summed E-state index contributed by atoms with van der Waals surface area (Å²) in [6.07, 6.45) is 1.64. The number of rotatable bonds is 4. The molecule has 2 aliphatic heterocycles. The van der Waals surface area contributed by atoms with Crippen LogP contribution in [0.4, 0.5) is 5.69 Å². The minimum Gasteiger partial charge on any atom is -0.456 e. The number of nitrogens with two attached hydrogens (primary N) is 1. The van der Waals surface area contributed by atoms with Crippen molar-refractivity contribution in [2.24, 2.45) is 5.73 Å². The molecule has 10 heteroatoms. The number of non-ortho nitro benzene ring substituents is 1. The average molecular weight is 372 g/mol. The average Bonchev–Trinajstić information content (AvgIpc) is 2.58. The minimum atomic E-state index is -0.603. The molecular formula is C14H14ClN3O5S. The lowest BCUT2D eigenvalue weighted by Crippen LogP contribution is -2.68. The van der Waals surface area contributed by atoms with Gasteiger partial charge in [0.15, 0.2) is 0 Å². The van der Waals surface area contributed by atoms with Gasteiger partial charge in [-0.05, 0) is 23.8 Å². The van der Waals surface area contributed by atoms with Crippen LogP contribution in [0.25, 0.3) is 0 Å². The zero-order valence-electron chi connectivity index (χ0n) is 12.3. The topological polar surface area (TPSA) is 116 Å². The molecule has 128 valence electrons. The van der Waals surface area contributed by atoms with Crippen LogP contribution in [-0.4, -0.2) is 38.9 Å². The van der Waals surface area contributed by atoms with Crippen molar-refractivity contribution in [3.63, 3.8) is 0 Å². The molecule has 2 atom stereocenters. The first-order chi connectivity index (χ1) is 11.0. The van der Waals surface area contributed by atoms with E-state index in [1.54, 1.807) is 6.08 Å². The number of nitro groups is 1. The number of halogens is 1. The van der Waals surface area contributed by atoms with Gasteiger partial charge in [-0.1, -0.05) is 0 Å². The summed E-state index contributed by atoms with van der Waals surface area (Å²) in [7, 11) is 0. The van der Waals surface area contributed by atoms with Gasteiger partial charge in [0.1, 0.15) is 23.7 Å². The Hall–Kier alpha value is -2.10. The molecular weight excluding hydrogens is 358 g/mol. The van der Waals surface area contributed by atoms with E-state index in [9.17, 15) is 19.7 Å². The molecule has 1 unspecified atom stereocenters. The highest BCUT2D eigenvalue weighted by Gasteiger charge is 2.50. The van der Waals surface area contributed by atoms with Gasteiger partial charge in [0.2, 0.25) is 5.91 Å². The molecule has 0 bridgehead atoms. The van der Waals surface area contributed by atoms with Crippen LogP contribution in [0.5, 0.6) is 0 Å². The predicted octanol–water partition coefficient (Wildman–Crippen LogP) is 1.19. The Morgan fingerprint density at radius 1 is 1.42 bits per heavy atom. The third kappa shape index (κ3) is 3.23. The molecule has 1 aromatic carbocycles. The number of fused-ring (bicyclic) bond motifs is 1. The normalized spacial score (nSPS) is 21.8. The van der Waals surface area contributed by atoms with Crippen molar-refractivity contribution in [3.8, 4) is 0 Å². The highest BCUT2D eigenvalue weighted by atomic mass is 35.5. The fourth-order valence-corrected chi connectivity index (χ4v) is 3.50. The van der Waals surface area contributed by atoms with Crippen molar-refractivity contribution < 1.29 is 19.2 Å². The Labute approximate surface area is 147 Å². The van der Waals surface area contributed by atoms with Gasteiger partial charge in [-0.15, -0.1) is 24.2 Å². The first-order valence-corrected chi connectivity index (χ1v) is 7.85. The lowest BCUT2D eigenvalue weighted by atomic mass is 10.1. The fourth-order valence-electron chi connectivity index (χ4n) is 2.36. The van der Waals surface area contributed by atoms with E-state index in [0.717, 1.165) is 0 Å². The molecule has 0 radical (unpaired) electrons. The van der Waals surface area contributed by atoms with E-state index in [2.05, 4.69) is 0 Å². The predicted molar refractivity (Wildman–Crippen MR) is 89.3 cm³/mol. The number of carbonyl (C=O) groups is 2. The van der Waals surface area contributed by atoms with Crippen LogP contribution in [0.1, 0.15) is 5.56 Å². The van der Waals surface area contributed by atoms with E-state index in [1.807, 2.05) is 0 Å². The van der Waals surface area contributed by atoms with Crippen LogP contribution in [0.2, 0.25) is 0 Å². The summed E-state index contributed by atoms with van der Waals surface area (Å²) in [5.74, 6) is -0.306. The second-order valence-corrected chi connectivity index (χ2v) is 6.20. The van der Waals surface area contributed by atoms with E-state index in [4.69, 9.17) is 10.5 Å². The zero-order valence-corrected chi connectivity index (χ0v) is 13.9. The molecule has 0 saturated carbocycles. The molecule has 1 saturated heterocycles. The van der Waals surface area contributed by atoms with Gasteiger partial charge in [-0.2, -0.15) is 0 Å². The Morgan fingerprint density at radius 2 is 2.08 bits per heavy atom. The molecule has 1 amide bonds. The Morgan fingerprint density at radius 3 is 2.71 bits per heavy atom. The van der Waals surface area contributed by atoms with Crippen LogP contribution in [0, 0.1) is 10.1 Å². The van der Waals surface area contributed by atoms with Crippen molar-refractivity contribution in [1.29, 1.82) is 0 Å². The number of hydrogen-bond acceptors (Lipinski definition) is 7. The molecule has 0 spiro atoms. The maximum absolute atomic E-state index is 12.1. The second-order valence-electron chi connectivity index (χ2n) is 5.05. The van der Waals surface area contributed by atoms with Gasteiger partial charge in [0.25, 0.3) is 5.69 Å². The van der Waals surface area contributed by atoms with E-state index >= 15 is 0 Å². The molecule has 2 heterocycles. The first kappa shape index (κ1) is 18.2. The standard InChI is InChI=1S/C14H13N3O5S.ClH/c15-11-12(18)16-10(5-6-23-13(11)16)14(19)22-7-8-1-3-9(4-2-8)17(20)21;/h1-5,11,13H,6-7,15H2;1H/t11?,13-;/m1./s1. The first-order valence-electron chi connectivity index (χ1n) is 6.80. The number of carbonyl (C=O) groups excluding carboxylic acids is 2. The molecule has 1 fully saturated rings. The quantitative estimate of drug-likeness (QED) is 0.365. The third-order valence-electron chi connectivity index (χ3n) is 3.61. The summed E-state index contributed by atoms with van der Waals surface area (Å²) in [4.78, 5) is 35.3. The van der Waals surface area contributed by atoms with Crippen molar-refractivity contribution in [1.82, 2.24) is 4.90 Å². The van der Waals surface area contributed by atoms with Gasteiger partial charge < -0.3 is 10.5 Å². The van der Waals surface area contributed by atoms with Crippen molar-refractivity contribution in [3.05, 3.63) is 51.7 Å². The Kier molecular flexibility index (Phi) is 5.47. The summed E-state index contributed by atoms with van der Waals surface area (Å²) in [5, 5.41) is 10.4. The van der Waals surface area contributed by atoms with Gasteiger partial charge in [-0.3, -0.25) is 19.8 Å². The number of nitrogens with zero attached hydrogens (tertiary/aromatic N) is 2. The number of thioether (sulfide) groups is 1. The SMILES string of the molecule is Cl.NC1C(=O)N2C(C(=O)OCc3ccc([N+](=O)[O-])cc3)=CCS[C@H]12. The molecule has 8 nitrogen and oxygen atoms in total. The number of β-lactam (4-membered cyclic amide) rings is 1. The third-order valence-corrected chi connectivity index (χ3v) is 4.82. The summed E-state index contributed by atoms with van der Waals surface area (Å²) >= 11 is 1.50.